The maximum Gasteiger partial charge on any atom is 0.124 e. The maximum absolute atomic E-state index is 5.74. The Hall–Kier alpha value is -1.81. The Morgan fingerprint density at radius 3 is 3.20 bits per heavy atom. The number of fused-ring (bicyclic) bond motifs is 1. The van der Waals surface area contributed by atoms with Crippen molar-refractivity contribution < 1.29 is 4.74 Å². The highest BCUT2D eigenvalue weighted by Gasteiger charge is 2.25. The van der Waals surface area contributed by atoms with E-state index in [9.17, 15) is 0 Å². The van der Waals surface area contributed by atoms with Crippen molar-refractivity contribution in [3.8, 4) is 5.75 Å². The summed E-state index contributed by atoms with van der Waals surface area (Å²) in [6.45, 7) is 6.01. The largest absolute Gasteiger partial charge is 0.491 e. The van der Waals surface area contributed by atoms with Crippen LogP contribution in [0.1, 0.15) is 30.5 Å². The van der Waals surface area contributed by atoms with E-state index in [0.717, 1.165) is 25.3 Å². The number of nitrogens with zero attached hydrogens (tertiary/aromatic N) is 2. The van der Waals surface area contributed by atoms with E-state index < -0.39 is 0 Å². The van der Waals surface area contributed by atoms with Gasteiger partial charge in [-0.2, -0.15) is 5.10 Å². The van der Waals surface area contributed by atoms with Gasteiger partial charge < -0.3 is 10.1 Å². The summed E-state index contributed by atoms with van der Waals surface area (Å²) in [6, 6.07) is 9.09. The van der Waals surface area contributed by atoms with Crippen molar-refractivity contribution in [3.63, 3.8) is 0 Å². The van der Waals surface area contributed by atoms with Gasteiger partial charge in [0.2, 0.25) is 0 Å². The predicted molar refractivity (Wildman–Crippen MR) is 78.9 cm³/mol. The van der Waals surface area contributed by atoms with Gasteiger partial charge in [0.1, 0.15) is 12.4 Å². The molecule has 3 rings (SSSR count). The summed E-state index contributed by atoms with van der Waals surface area (Å²) in [4.78, 5) is 0. The van der Waals surface area contributed by atoms with Gasteiger partial charge >= 0.3 is 0 Å². The average Bonchev–Trinajstić information content (AvgIpc) is 3.07. The van der Waals surface area contributed by atoms with Crippen molar-refractivity contribution in [2.24, 2.45) is 0 Å². The molecule has 0 saturated heterocycles. The highest BCUT2D eigenvalue weighted by molar-refractivity contribution is 5.42. The number of rotatable bonds is 5. The highest BCUT2D eigenvalue weighted by atomic mass is 16.5. The predicted octanol–water partition coefficient (Wildman–Crippen LogP) is 2.69. The van der Waals surface area contributed by atoms with Gasteiger partial charge in [-0.3, -0.25) is 4.68 Å². The van der Waals surface area contributed by atoms with E-state index in [0.29, 0.717) is 12.1 Å². The minimum absolute atomic E-state index is 0.303. The number of nitrogens with one attached hydrogen (secondary N) is 1. The van der Waals surface area contributed by atoms with Crippen LogP contribution in [-0.2, 0) is 6.54 Å². The number of hydrogen-bond donors (Lipinski definition) is 1. The number of aromatic nitrogens is 2. The molecule has 4 nitrogen and oxygen atoms in total. The monoisotopic (exact) mass is 271 g/mol. The maximum atomic E-state index is 5.74. The fourth-order valence-electron chi connectivity index (χ4n) is 2.66. The summed E-state index contributed by atoms with van der Waals surface area (Å²) < 4.78 is 7.71. The van der Waals surface area contributed by atoms with E-state index in [4.69, 9.17) is 4.74 Å². The first-order chi connectivity index (χ1) is 9.72. The van der Waals surface area contributed by atoms with E-state index in [-0.39, 0.29) is 0 Å². The Balaban J connectivity index is 1.58. The molecule has 0 amide bonds. The van der Waals surface area contributed by atoms with Crippen molar-refractivity contribution in [3.05, 3.63) is 47.8 Å². The van der Waals surface area contributed by atoms with Gasteiger partial charge in [0, 0.05) is 30.5 Å². The van der Waals surface area contributed by atoms with Crippen LogP contribution >= 0.6 is 0 Å². The number of ether oxygens (including phenoxy) is 1. The lowest BCUT2D eigenvalue weighted by molar-refractivity contribution is 0.294. The molecule has 0 unspecified atom stereocenters. The van der Waals surface area contributed by atoms with Crippen molar-refractivity contribution in [2.45, 2.75) is 38.9 Å². The molecule has 4 heteroatoms. The normalized spacial score (nSPS) is 18.6. The molecule has 1 aliphatic heterocycles. The van der Waals surface area contributed by atoms with Gasteiger partial charge in [-0.1, -0.05) is 17.7 Å². The lowest BCUT2D eigenvalue weighted by atomic mass is 10.0. The van der Waals surface area contributed by atoms with Gasteiger partial charge in [-0.15, -0.1) is 0 Å². The lowest BCUT2D eigenvalue weighted by Gasteiger charge is -2.19. The number of hydrogen-bond acceptors (Lipinski definition) is 3. The van der Waals surface area contributed by atoms with Gasteiger partial charge in [-0.05, 0) is 32.4 Å². The fourth-order valence-corrected chi connectivity index (χ4v) is 2.66. The summed E-state index contributed by atoms with van der Waals surface area (Å²) in [5.41, 5.74) is 2.57. The molecule has 20 heavy (non-hydrogen) atoms. The number of aryl methyl sites for hydroxylation is 2. The van der Waals surface area contributed by atoms with Crippen LogP contribution < -0.4 is 10.1 Å². The molecule has 0 spiro atoms. The summed E-state index contributed by atoms with van der Waals surface area (Å²) in [6.07, 6.45) is 4.88. The summed E-state index contributed by atoms with van der Waals surface area (Å²) >= 11 is 0. The molecule has 2 aromatic rings. The first-order valence-corrected chi connectivity index (χ1v) is 7.19. The van der Waals surface area contributed by atoms with Crippen LogP contribution in [-0.4, -0.2) is 22.4 Å². The first-order valence-electron chi connectivity index (χ1n) is 7.19. The van der Waals surface area contributed by atoms with Gasteiger partial charge in [0.25, 0.3) is 0 Å². The Morgan fingerprint density at radius 2 is 2.40 bits per heavy atom. The van der Waals surface area contributed by atoms with Crippen molar-refractivity contribution >= 4 is 0 Å². The molecule has 106 valence electrons. The van der Waals surface area contributed by atoms with E-state index in [2.05, 4.69) is 42.5 Å². The molecule has 0 radical (unpaired) electrons. The zero-order chi connectivity index (χ0) is 13.9. The molecule has 1 aromatic heterocycles. The third kappa shape index (κ3) is 2.85. The fraction of sp³-hybridized carbons (Fsp3) is 0.438. The van der Waals surface area contributed by atoms with Crippen molar-refractivity contribution in [1.82, 2.24) is 15.1 Å². The molecule has 0 bridgehead atoms. The topological polar surface area (TPSA) is 39.1 Å². The minimum atomic E-state index is 0.303. The molecule has 2 heterocycles. The highest BCUT2D eigenvalue weighted by Crippen LogP contribution is 2.33. The van der Waals surface area contributed by atoms with Gasteiger partial charge in [0.05, 0.1) is 6.04 Å². The van der Waals surface area contributed by atoms with Crippen LogP contribution in [0.3, 0.4) is 0 Å². The number of benzene rings is 1. The zero-order valence-corrected chi connectivity index (χ0v) is 12.0. The Morgan fingerprint density at radius 1 is 1.50 bits per heavy atom. The standard InChI is InChI=1S/C16H21N3O/c1-12-4-5-16-14(10-12)15(11-20-16)18-13(2)6-9-19-8-3-7-17-19/h3-5,7-8,10,13,15,18H,6,9,11H2,1-2H3/t13-,15+/m0/s1. The first kappa shape index (κ1) is 13.2. The molecule has 1 aromatic carbocycles. The molecule has 1 N–H and O–H groups in total. The third-order valence-corrected chi connectivity index (χ3v) is 3.78. The Bertz CT molecular complexity index is 565. The summed E-state index contributed by atoms with van der Waals surface area (Å²) in [5.74, 6) is 1.02. The van der Waals surface area contributed by atoms with Crippen molar-refractivity contribution in [2.75, 3.05) is 6.61 Å². The second-order valence-corrected chi connectivity index (χ2v) is 5.53. The molecule has 2 atom stereocenters. The summed E-state index contributed by atoms with van der Waals surface area (Å²) in [5, 5.41) is 7.89. The van der Waals surface area contributed by atoms with E-state index >= 15 is 0 Å². The minimum Gasteiger partial charge on any atom is -0.491 e. The SMILES string of the molecule is Cc1ccc2c(c1)[C@H](N[C@@H](C)CCn1cccn1)CO2. The second kappa shape index (κ2) is 5.67. The lowest BCUT2D eigenvalue weighted by Crippen LogP contribution is -2.32. The van der Waals surface area contributed by atoms with Crippen LogP contribution in [0.25, 0.3) is 0 Å². The molecule has 1 aliphatic rings. The van der Waals surface area contributed by atoms with Gasteiger partial charge in [-0.25, -0.2) is 0 Å². The Labute approximate surface area is 119 Å². The Kier molecular flexibility index (Phi) is 3.74. The van der Waals surface area contributed by atoms with Crippen LogP contribution in [0.2, 0.25) is 0 Å². The van der Waals surface area contributed by atoms with Crippen LogP contribution in [0.15, 0.2) is 36.7 Å². The van der Waals surface area contributed by atoms with Crippen molar-refractivity contribution in [1.29, 1.82) is 0 Å². The van der Waals surface area contributed by atoms with E-state index in [1.165, 1.54) is 11.1 Å². The van der Waals surface area contributed by atoms with Crippen LogP contribution in [0, 0.1) is 6.92 Å². The molecular formula is C16H21N3O. The van der Waals surface area contributed by atoms with Crippen LogP contribution in [0.5, 0.6) is 5.75 Å². The summed E-state index contributed by atoms with van der Waals surface area (Å²) in [7, 11) is 0. The van der Waals surface area contributed by atoms with E-state index in [1.807, 2.05) is 23.1 Å². The van der Waals surface area contributed by atoms with Gasteiger partial charge in [0.15, 0.2) is 0 Å². The molecule has 0 saturated carbocycles. The molecule has 0 aliphatic carbocycles. The molecule has 0 fully saturated rings. The molecular weight excluding hydrogens is 250 g/mol. The van der Waals surface area contributed by atoms with Crippen LogP contribution in [0.4, 0.5) is 0 Å². The third-order valence-electron chi connectivity index (χ3n) is 3.78. The average molecular weight is 271 g/mol. The quantitative estimate of drug-likeness (QED) is 0.908. The second-order valence-electron chi connectivity index (χ2n) is 5.53. The zero-order valence-electron chi connectivity index (χ0n) is 12.0. The van der Waals surface area contributed by atoms with E-state index in [1.54, 1.807) is 0 Å². The smallest absolute Gasteiger partial charge is 0.124 e.